The average molecular weight is 488 g/mol. The van der Waals surface area contributed by atoms with E-state index in [1.54, 1.807) is 24.3 Å². The van der Waals surface area contributed by atoms with Crippen molar-refractivity contribution in [2.24, 2.45) is 0 Å². The van der Waals surface area contributed by atoms with Crippen molar-refractivity contribution in [2.75, 3.05) is 26.2 Å². The maximum atomic E-state index is 12.9. The summed E-state index contributed by atoms with van der Waals surface area (Å²) in [5.74, 6) is 0.882. The van der Waals surface area contributed by atoms with E-state index in [0.29, 0.717) is 49.5 Å². The van der Waals surface area contributed by atoms with Crippen LogP contribution in [0.3, 0.4) is 0 Å². The minimum atomic E-state index is -3.72. The van der Waals surface area contributed by atoms with Gasteiger partial charge in [0.15, 0.2) is 0 Å². The fourth-order valence-corrected chi connectivity index (χ4v) is 5.45. The number of sulfonamides is 1. The van der Waals surface area contributed by atoms with Crippen molar-refractivity contribution < 1.29 is 12.8 Å². The smallest absolute Gasteiger partial charge is 0.247 e. The zero-order valence-corrected chi connectivity index (χ0v) is 18.7. The molecule has 0 radical (unpaired) electrons. The standard InChI is InChI=1S/C19H17Cl3N4O3S/c20-14-6-4-13(5-7-14)19-24-23-17(29-19)12-25-8-10-26(11-9-25)30(27,28)16-3-1-2-15(21)18(16)22/h1-7H,8-12H2. The fraction of sp³-hybridized carbons (Fsp3) is 0.263. The Morgan fingerprint density at radius 3 is 2.33 bits per heavy atom. The molecule has 0 N–H and O–H groups in total. The second kappa shape index (κ2) is 8.82. The minimum absolute atomic E-state index is 0.0228. The molecule has 0 aliphatic carbocycles. The Morgan fingerprint density at radius 1 is 0.933 bits per heavy atom. The molecule has 11 heteroatoms. The van der Waals surface area contributed by atoms with Gasteiger partial charge in [0, 0.05) is 36.8 Å². The van der Waals surface area contributed by atoms with E-state index in [9.17, 15) is 8.42 Å². The van der Waals surface area contributed by atoms with Crippen LogP contribution in [0.5, 0.6) is 0 Å². The topological polar surface area (TPSA) is 79.5 Å². The molecule has 4 rings (SSSR count). The summed E-state index contributed by atoms with van der Waals surface area (Å²) < 4.78 is 33.0. The van der Waals surface area contributed by atoms with Crippen LogP contribution >= 0.6 is 34.8 Å². The van der Waals surface area contributed by atoms with Crippen molar-refractivity contribution in [3.8, 4) is 11.5 Å². The monoisotopic (exact) mass is 486 g/mol. The lowest BCUT2D eigenvalue weighted by Crippen LogP contribution is -2.48. The maximum Gasteiger partial charge on any atom is 0.247 e. The van der Waals surface area contributed by atoms with E-state index in [1.165, 1.54) is 10.4 Å². The van der Waals surface area contributed by atoms with E-state index in [-0.39, 0.29) is 14.9 Å². The van der Waals surface area contributed by atoms with E-state index in [1.807, 2.05) is 12.1 Å². The van der Waals surface area contributed by atoms with Gasteiger partial charge < -0.3 is 4.42 Å². The summed E-state index contributed by atoms with van der Waals surface area (Å²) in [5, 5.41) is 9.05. The van der Waals surface area contributed by atoms with E-state index in [4.69, 9.17) is 39.2 Å². The molecule has 1 fully saturated rings. The molecular weight excluding hydrogens is 471 g/mol. The second-order valence-electron chi connectivity index (χ2n) is 6.74. The lowest BCUT2D eigenvalue weighted by Gasteiger charge is -2.33. The summed E-state index contributed by atoms with van der Waals surface area (Å²) in [5.41, 5.74) is 0.785. The lowest BCUT2D eigenvalue weighted by atomic mass is 10.2. The van der Waals surface area contributed by atoms with Gasteiger partial charge in [-0.15, -0.1) is 10.2 Å². The van der Waals surface area contributed by atoms with Gasteiger partial charge in [-0.2, -0.15) is 4.31 Å². The predicted molar refractivity (Wildman–Crippen MR) is 115 cm³/mol. The number of halogens is 3. The third kappa shape index (κ3) is 4.49. The Labute approximate surface area is 189 Å². The molecule has 1 aliphatic rings. The van der Waals surface area contributed by atoms with Crippen LogP contribution < -0.4 is 0 Å². The lowest BCUT2D eigenvalue weighted by molar-refractivity contribution is 0.168. The van der Waals surface area contributed by atoms with Gasteiger partial charge >= 0.3 is 0 Å². The fourth-order valence-electron chi connectivity index (χ4n) is 3.17. The molecule has 7 nitrogen and oxygen atoms in total. The first-order valence-corrected chi connectivity index (χ1v) is 11.7. The average Bonchev–Trinajstić information content (AvgIpc) is 3.19. The molecule has 2 heterocycles. The van der Waals surface area contributed by atoms with E-state index in [2.05, 4.69) is 15.1 Å². The normalized spacial score (nSPS) is 16.1. The van der Waals surface area contributed by atoms with E-state index >= 15 is 0 Å². The van der Waals surface area contributed by atoms with Gasteiger partial charge in [-0.05, 0) is 36.4 Å². The predicted octanol–water partition coefficient (Wildman–Crippen LogP) is 4.20. The summed E-state index contributed by atoms with van der Waals surface area (Å²) in [7, 11) is -3.72. The van der Waals surface area contributed by atoms with Crippen LogP contribution in [-0.4, -0.2) is 54.0 Å². The van der Waals surface area contributed by atoms with Gasteiger partial charge in [0.25, 0.3) is 0 Å². The zero-order chi connectivity index (χ0) is 21.3. The highest BCUT2D eigenvalue weighted by Crippen LogP contribution is 2.31. The van der Waals surface area contributed by atoms with Gasteiger partial charge in [-0.3, -0.25) is 4.90 Å². The largest absolute Gasteiger partial charge is 0.419 e. The molecule has 1 aromatic heterocycles. The van der Waals surface area contributed by atoms with Crippen LogP contribution in [0.1, 0.15) is 5.89 Å². The Morgan fingerprint density at radius 2 is 1.63 bits per heavy atom. The molecule has 1 saturated heterocycles. The van der Waals surface area contributed by atoms with Crippen molar-refractivity contribution in [3.05, 3.63) is 63.4 Å². The molecule has 0 saturated carbocycles. The van der Waals surface area contributed by atoms with Crippen LogP contribution in [0.4, 0.5) is 0 Å². The summed E-state index contributed by atoms with van der Waals surface area (Å²) in [6, 6.07) is 11.7. The van der Waals surface area contributed by atoms with Gasteiger partial charge in [-0.25, -0.2) is 8.42 Å². The number of piperazine rings is 1. The molecule has 0 bridgehead atoms. The SMILES string of the molecule is O=S(=O)(c1cccc(Cl)c1Cl)N1CCN(Cc2nnc(-c3ccc(Cl)cc3)o2)CC1. The van der Waals surface area contributed by atoms with Crippen molar-refractivity contribution >= 4 is 44.8 Å². The first kappa shape index (κ1) is 21.5. The Bertz CT molecular complexity index is 1140. The number of benzene rings is 2. The van der Waals surface area contributed by atoms with Crippen molar-refractivity contribution in [1.82, 2.24) is 19.4 Å². The highest BCUT2D eigenvalue weighted by Gasteiger charge is 2.31. The molecule has 3 aromatic rings. The van der Waals surface area contributed by atoms with Crippen LogP contribution in [0.15, 0.2) is 51.8 Å². The molecule has 30 heavy (non-hydrogen) atoms. The third-order valence-electron chi connectivity index (χ3n) is 4.78. The van der Waals surface area contributed by atoms with Crippen LogP contribution in [-0.2, 0) is 16.6 Å². The van der Waals surface area contributed by atoms with Gasteiger partial charge in [0.2, 0.25) is 21.8 Å². The first-order valence-electron chi connectivity index (χ1n) is 9.09. The van der Waals surface area contributed by atoms with Crippen molar-refractivity contribution in [3.63, 3.8) is 0 Å². The van der Waals surface area contributed by atoms with Gasteiger partial charge in [0.1, 0.15) is 4.90 Å². The van der Waals surface area contributed by atoms with Gasteiger partial charge in [0.05, 0.1) is 16.6 Å². The molecular formula is C19H17Cl3N4O3S. The Hall–Kier alpha value is -1.68. The van der Waals surface area contributed by atoms with E-state index < -0.39 is 10.0 Å². The highest BCUT2D eigenvalue weighted by atomic mass is 35.5. The van der Waals surface area contributed by atoms with Crippen LogP contribution in [0, 0.1) is 0 Å². The summed E-state index contributed by atoms with van der Waals surface area (Å²) in [6.45, 7) is 2.13. The minimum Gasteiger partial charge on any atom is -0.419 e. The molecule has 0 amide bonds. The molecule has 1 aliphatic heterocycles. The third-order valence-corrected chi connectivity index (χ3v) is 7.91. The number of nitrogens with zero attached hydrogens (tertiary/aromatic N) is 4. The summed E-state index contributed by atoms with van der Waals surface area (Å²) >= 11 is 18.0. The summed E-state index contributed by atoms with van der Waals surface area (Å²) in [4.78, 5) is 2.08. The number of rotatable bonds is 5. The zero-order valence-electron chi connectivity index (χ0n) is 15.6. The maximum absolute atomic E-state index is 12.9. The molecule has 0 atom stereocenters. The van der Waals surface area contributed by atoms with Crippen LogP contribution in [0.2, 0.25) is 15.1 Å². The first-order chi connectivity index (χ1) is 14.3. The number of hydrogen-bond acceptors (Lipinski definition) is 6. The second-order valence-corrected chi connectivity index (χ2v) is 9.87. The van der Waals surface area contributed by atoms with Gasteiger partial charge in [-0.1, -0.05) is 40.9 Å². The Balaban J connectivity index is 1.39. The van der Waals surface area contributed by atoms with Crippen molar-refractivity contribution in [2.45, 2.75) is 11.4 Å². The quantitative estimate of drug-likeness (QED) is 0.536. The molecule has 158 valence electrons. The number of hydrogen-bond donors (Lipinski definition) is 0. The molecule has 2 aromatic carbocycles. The highest BCUT2D eigenvalue weighted by molar-refractivity contribution is 7.89. The van der Waals surface area contributed by atoms with Crippen molar-refractivity contribution in [1.29, 1.82) is 0 Å². The molecule has 0 unspecified atom stereocenters. The Kier molecular flexibility index (Phi) is 6.34. The van der Waals surface area contributed by atoms with E-state index in [0.717, 1.165) is 5.56 Å². The number of aromatic nitrogens is 2. The van der Waals surface area contributed by atoms with Crippen LogP contribution in [0.25, 0.3) is 11.5 Å². The summed E-state index contributed by atoms with van der Waals surface area (Å²) in [6.07, 6.45) is 0. The molecule has 0 spiro atoms.